The number of nitrogens with zero attached hydrogens (tertiary/aromatic N) is 2. The molecule has 0 saturated heterocycles. The summed E-state index contributed by atoms with van der Waals surface area (Å²) >= 11 is 0. The van der Waals surface area contributed by atoms with Crippen molar-refractivity contribution in [2.24, 2.45) is 5.41 Å². The van der Waals surface area contributed by atoms with Gasteiger partial charge in [-0.15, -0.1) is 0 Å². The molecule has 6 heteroatoms. The molecule has 0 atom stereocenters. The van der Waals surface area contributed by atoms with Crippen LogP contribution in [0.25, 0.3) is 10.9 Å². The number of hydrogen-bond acceptors (Lipinski definition) is 4. The van der Waals surface area contributed by atoms with E-state index in [-0.39, 0.29) is 23.5 Å². The molecule has 4 rings (SSSR count). The van der Waals surface area contributed by atoms with Crippen molar-refractivity contribution in [3.05, 3.63) is 53.0 Å². The lowest BCUT2D eigenvalue weighted by Crippen LogP contribution is -2.31. The van der Waals surface area contributed by atoms with Crippen molar-refractivity contribution < 1.29 is 14.1 Å². The highest BCUT2D eigenvalue weighted by Crippen LogP contribution is 2.29. The van der Waals surface area contributed by atoms with Gasteiger partial charge in [0.2, 0.25) is 0 Å². The van der Waals surface area contributed by atoms with Crippen molar-refractivity contribution in [1.29, 1.82) is 0 Å². The normalized spacial score (nSPS) is 16.2. The van der Waals surface area contributed by atoms with Crippen LogP contribution in [-0.4, -0.2) is 28.0 Å². The molecule has 134 valence electrons. The number of carbonyl (C=O) groups is 2. The first-order valence-corrected chi connectivity index (χ1v) is 8.69. The van der Waals surface area contributed by atoms with Crippen LogP contribution in [-0.2, 0) is 13.0 Å². The Morgan fingerprint density at radius 1 is 1.31 bits per heavy atom. The third-order valence-corrected chi connectivity index (χ3v) is 4.79. The first-order valence-electron chi connectivity index (χ1n) is 8.69. The lowest BCUT2D eigenvalue weighted by atomic mass is 9.93. The molecular formula is C20H21N3O3. The molecule has 0 spiro atoms. The molecule has 3 heterocycles. The van der Waals surface area contributed by atoms with Crippen LogP contribution < -0.4 is 5.32 Å². The third-order valence-electron chi connectivity index (χ3n) is 4.79. The number of Topliss-reactive ketones (excluding diaryl/α,β-unsaturated/α-hetero) is 1. The minimum atomic E-state index is -0.0716. The summed E-state index contributed by atoms with van der Waals surface area (Å²) in [5.74, 6) is 0.596. The van der Waals surface area contributed by atoms with Gasteiger partial charge in [-0.2, -0.15) is 0 Å². The fourth-order valence-electron chi connectivity index (χ4n) is 3.45. The molecule has 0 fully saturated rings. The summed E-state index contributed by atoms with van der Waals surface area (Å²) in [5, 5.41) is 7.83. The zero-order chi connectivity index (χ0) is 18.5. The highest BCUT2D eigenvalue weighted by atomic mass is 16.5. The zero-order valence-electron chi connectivity index (χ0n) is 15.1. The van der Waals surface area contributed by atoms with Crippen LogP contribution in [0.3, 0.4) is 0 Å². The van der Waals surface area contributed by atoms with E-state index in [1.165, 1.54) is 0 Å². The Bertz CT molecular complexity index is 1030. The Labute approximate surface area is 151 Å². The van der Waals surface area contributed by atoms with Crippen molar-refractivity contribution in [1.82, 2.24) is 15.0 Å². The summed E-state index contributed by atoms with van der Waals surface area (Å²) < 4.78 is 7.05. The fourth-order valence-corrected chi connectivity index (χ4v) is 3.45. The van der Waals surface area contributed by atoms with Crippen molar-refractivity contribution in [2.45, 2.75) is 33.7 Å². The SMILES string of the molecule is Cc1cc(CC(=O)c2ccc3cc4n(c3c2)CC(C)(C)CNC4=O)no1. The van der Waals surface area contributed by atoms with Gasteiger partial charge in [0.25, 0.3) is 5.91 Å². The number of rotatable bonds is 3. The van der Waals surface area contributed by atoms with E-state index in [2.05, 4.69) is 24.3 Å². The van der Waals surface area contributed by atoms with Gasteiger partial charge in [0.05, 0.1) is 12.1 Å². The maximum absolute atomic E-state index is 12.6. The standard InChI is InChI=1S/C20H21N3O3/c1-12-6-15(22-26-12)9-18(24)14-5-4-13-7-17-19(25)21-10-20(2,3)11-23(17)16(13)8-14/h4-8H,9-11H2,1-3H3,(H,21,25). The number of benzene rings is 1. The Morgan fingerprint density at radius 3 is 2.85 bits per heavy atom. The van der Waals surface area contributed by atoms with E-state index in [9.17, 15) is 9.59 Å². The van der Waals surface area contributed by atoms with E-state index in [4.69, 9.17) is 4.52 Å². The predicted octanol–water partition coefficient (Wildman–Crippen LogP) is 3.13. The molecule has 1 aliphatic heterocycles. The van der Waals surface area contributed by atoms with Gasteiger partial charge in [0.1, 0.15) is 11.5 Å². The smallest absolute Gasteiger partial charge is 0.267 e. The quantitative estimate of drug-likeness (QED) is 0.736. The van der Waals surface area contributed by atoms with Crippen LogP contribution in [0.2, 0.25) is 0 Å². The van der Waals surface area contributed by atoms with Crippen LogP contribution >= 0.6 is 0 Å². The van der Waals surface area contributed by atoms with Crippen LogP contribution in [0, 0.1) is 12.3 Å². The van der Waals surface area contributed by atoms with Gasteiger partial charge >= 0.3 is 0 Å². The maximum atomic E-state index is 12.6. The topological polar surface area (TPSA) is 77.1 Å². The van der Waals surface area contributed by atoms with Crippen molar-refractivity contribution in [3.63, 3.8) is 0 Å². The van der Waals surface area contributed by atoms with Gasteiger partial charge in [-0.1, -0.05) is 31.1 Å². The van der Waals surface area contributed by atoms with Gasteiger partial charge in [-0.25, -0.2) is 0 Å². The van der Waals surface area contributed by atoms with Gasteiger partial charge in [-0.3, -0.25) is 9.59 Å². The van der Waals surface area contributed by atoms with Gasteiger partial charge in [-0.05, 0) is 19.1 Å². The Morgan fingerprint density at radius 2 is 2.12 bits per heavy atom. The number of aromatic nitrogens is 2. The van der Waals surface area contributed by atoms with E-state index >= 15 is 0 Å². The Hall–Kier alpha value is -2.89. The molecule has 0 aliphatic carbocycles. The molecule has 0 bridgehead atoms. The van der Waals surface area contributed by atoms with E-state index in [0.717, 1.165) is 10.9 Å². The van der Waals surface area contributed by atoms with E-state index < -0.39 is 0 Å². The lowest BCUT2D eigenvalue weighted by Gasteiger charge is -2.23. The maximum Gasteiger partial charge on any atom is 0.267 e. The Balaban J connectivity index is 1.74. The van der Waals surface area contributed by atoms with Gasteiger partial charge in [0.15, 0.2) is 5.78 Å². The summed E-state index contributed by atoms with van der Waals surface area (Å²) in [6.07, 6.45) is 0.197. The Kier molecular flexibility index (Phi) is 3.72. The number of amides is 1. The second kappa shape index (κ2) is 5.83. The summed E-state index contributed by atoms with van der Waals surface area (Å²) in [6, 6.07) is 9.25. The predicted molar refractivity (Wildman–Crippen MR) is 97.3 cm³/mol. The first-order chi connectivity index (χ1) is 12.3. The van der Waals surface area contributed by atoms with Crippen molar-refractivity contribution >= 4 is 22.6 Å². The molecule has 2 aromatic heterocycles. The number of hydrogen-bond donors (Lipinski definition) is 1. The molecule has 1 aromatic carbocycles. The molecular weight excluding hydrogens is 330 g/mol. The highest BCUT2D eigenvalue weighted by molar-refractivity contribution is 6.03. The van der Waals surface area contributed by atoms with Gasteiger partial charge < -0.3 is 14.4 Å². The van der Waals surface area contributed by atoms with Crippen molar-refractivity contribution in [2.75, 3.05) is 6.54 Å². The number of fused-ring (bicyclic) bond motifs is 3. The van der Waals surface area contributed by atoms with Crippen LogP contribution in [0.5, 0.6) is 0 Å². The molecule has 1 amide bonds. The molecule has 0 saturated carbocycles. The molecule has 6 nitrogen and oxygen atoms in total. The fraction of sp³-hybridized carbons (Fsp3) is 0.350. The largest absolute Gasteiger partial charge is 0.361 e. The second-order valence-corrected chi connectivity index (χ2v) is 7.77. The van der Waals surface area contributed by atoms with Crippen LogP contribution in [0.15, 0.2) is 34.9 Å². The van der Waals surface area contributed by atoms with E-state index in [0.29, 0.717) is 35.8 Å². The summed E-state index contributed by atoms with van der Waals surface area (Å²) in [5.41, 5.74) is 2.73. The van der Waals surface area contributed by atoms with E-state index in [1.807, 2.05) is 22.8 Å². The van der Waals surface area contributed by atoms with Crippen LogP contribution in [0.1, 0.15) is 46.1 Å². The van der Waals surface area contributed by atoms with Crippen LogP contribution in [0.4, 0.5) is 0 Å². The number of aryl methyl sites for hydroxylation is 1. The minimum Gasteiger partial charge on any atom is -0.361 e. The first kappa shape index (κ1) is 16.6. The molecule has 1 N–H and O–H groups in total. The second-order valence-electron chi connectivity index (χ2n) is 7.77. The molecule has 0 unspecified atom stereocenters. The number of nitrogens with one attached hydrogen (secondary N) is 1. The summed E-state index contributed by atoms with van der Waals surface area (Å²) in [4.78, 5) is 25.1. The average molecular weight is 351 g/mol. The molecule has 0 radical (unpaired) electrons. The summed E-state index contributed by atoms with van der Waals surface area (Å²) in [7, 11) is 0. The number of carbonyl (C=O) groups excluding carboxylic acids is 2. The average Bonchev–Trinajstić information content (AvgIpc) is 3.12. The monoisotopic (exact) mass is 351 g/mol. The minimum absolute atomic E-state index is 0.0203. The molecule has 3 aromatic rings. The van der Waals surface area contributed by atoms with E-state index in [1.54, 1.807) is 19.1 Å². The zero-order valence-corrected chi connectivity index (χ0v) is 15.1. The highest BCUT2D eigenvalue weighted by Gasteiger charge is 2.28. The molecule has 26 heavy (non-hydrogen) atoms. The summed E-state index contributed by atoms with van der Waals surface area (Å²) in [6.45, 7) is 7.38. The number of ketones is 1. The third kappa shape index (κ3) is 2.92. The molecule has 1 aliphatic rings. The van der Waals surface area contributed by atoms with Crippen molar-refractivity contribution in [3.8, 4) is 0 Å². The lowest BCUT2D eigenvalue weighted by molar-refractivity contribution is 0.0942. The van der Waals surface area contributed by atoms with Gasteiger partial charge in [0, 0.05) is 41.0 Å².